The number of nitrogens with zero attached hydrogens (tertiary/aromatic N) is 3. The Morgan fingerprint density at radius 1 is 1.41 bits per heavy atom. The van der Waals surface area contributed by atoms with Crippen molar-refractivity contribution in [1.29, 1.82) is 0 Å². The summed E-state index contributed by atoms with van der Waals surface area (Å²) < 4.78 is 5.48. The molecule has 1 amide bonds. The normalized spacial score (nSPS) is 10.8. The number of H-pyrrole nitrogens is 2. The van der Waals surface area contributed by atoms with E-state index >= 15 is 0 Å². The molecule has 0 spiro atoms. The number of furan rings is 1. The number of amides is 1. The molecule has 3 rings (SSSR count). The summed E-state index contributed by atoms with van der Waals surface area (Å²) in [5, 5.41) is 20.6. The van der Waals surface area contributed by atoms with Crippen molar-refractivity contribution in [3.05, 3.63) is 35.9 Å². The van der Waals surface area contributed by atoms with Crippen LogP contribution in [0.2, 0.25) is 0 Å². The summed E-state index contributed by atoms with van der Waals surface area (Å²) in [7, 11) is 0. The second-order valence-corrected chi connectivity index (χ2v) is 5.60. The van der Waals surface area contributed by atoms with E-state index in [9.17, 15) is 4.79 Å². The standard InChI is InChI=1S/C13H14N6O2S/c1-8-2-3-11(21-8)9-6-10(17-16-9)13(20)14-4-5-22-12-7-15-19-18-12/h2-3,6-7H,4-5H2,1H3,(H,14,20)(H,16,17)(H,15,18,19). The molecule has 0 bridgehead atoms. The van der Waals surface area contributed by atoms with Crippen molar-refractivity contribution < 1.29 is 9.21 Å². The second kappa shape index (κ2) is 6.48. The van der Waals surface area contributed by atoms with Gasteiger partial charge in [0.15, 0.2) is 11.5 Å². The van der Waals surface area contributed by atoms with Crippen molar-refractivity contribution >= 4 is 17.7 Å². The fourth-order valence-corrected chi connectivity index (χ4v) is 2.46. The highest BCUT2D eigenvalue weighted by Crippen LogP contribution is 2.20. The average Bonchev–Trinajstić information content (AvgIpc) is 3.24. The Hall–Kier alpha value is -2.55. The first kappa shape index (κ1) is 14.4. The number of hydrogen-bond acceptors (Lipinski definition) is 6. The van der Waals surface area contributed by atoms with Gasteiger partial charge in [-0.25, -0.2) is 0 Å². The van der Waals surface area contributed by atoms with Crippen molar-refractivity contribution in [2.24, 2.45) is 0 Å². The summed E-state index contributed by atoms with van der Waals surface area (Å²) in [5.41, 5.74) is 1.01. The van der Waals surface area contributed by atoms with Crippen LogP contribution in [-0.2, 0) is 0 Å². The Kier molecular flexibility index (Phi) is 4.24. The van der Waals surface area contributed by atoms with Crippen LogP contribution in [0.15, 0.2) is 33.8 Å². The smallest absolute Gasteiger partial charge is 0.271 e. The summed E-state index contributed by atoms with van der Waals surface area (Å²) in [5.74, 6) is 1.94. The van der Waals surface area contributed by atoms with E-state index < -0.39 is 0 Å². The van der Waals surface area contributed by atoms with Crippen LogP contribution in [0, 0.1) is 6.92 Å². The van der Waals surface area contributed by atoms with Gasteiger partial charge >= 0.3 is 0 Å². The van der Waals surface area contributed by atoms with E-state index in [-0.39, 0.29) is 5.91 Å². The van der Waals surface area contributed by atoms with Crippen molar-refractivity contribution in [2.75, 3.05) is 12.3 Å². The Morgan fingerprint density at radius 3 is 3.05 bits per heavy atom. The maximum absolute atomic E-state index is 12.0. The Balaban J connectivity index is 1.51. The number of carbonyl (C=O) groups is 1. The number of aromatic amines is 2. The zero-order valence-corrected chi connectivity index (χ0v) is 12.6. The third-order valence-electron chi connectivity index (χ3n) is 2.85. The van der Waals surface area contributed by atoms with Gasteiger partial charge in [0.05, 0.1) is 6.20 Å². The van der Waals surface area contributed by atoms with E-state index in [4.69, 9.17) is 4.42 Å². The summed E-state index contributed by atoms with van der Waals surface area (Å²) in [6, 6.07) is 5.36. The van der Waals surface area contributed by atoms with Gasteiger partial charge in [-0.15, -0.1) is 16.9 Å². The number of carbonyl (C=O) groups excluding carboxylic acids is 1. The van der Waals surface area contributed by atoms with Crippen LogP contribution in [0.4, 0.5) is 0 Å². The number of nitrogens with one attached hydrogen (secondary N) is 3. The highest BCUT2D eigenvalue weighted by Gasteiger charge is 2.12. The van der Waals surface area contributed by atoms with Gasteiger partial charge in [-0.3, -0.25) is 9.89 Å². The molecule has 0 saturated heterocycles. The van der Waals surface area contributed by atoms with Gasteiger partial charge in [0, 0.05) is 18.4 Å². The van der Waals surface area contributed by atoms with E-state index in [1.807, 2.05) is 19.1 Å². The first-order valence-electron chi connectivity index (χ1n) is 6.61. The summed E-state index contributed by atoms with van der Waals surface area (Å²) in [6.45, 7) is 2.37. The predicted molar refractivity (Wildman–Crippen MR) is 80.5 cm³/mol. The Bertz CT molecular complexity index is 748. The van der Waals surface area contributed by atoms with E-state index in [0.717, 1.165) is 10.8 Å². The van der Waals surface area contributed by atoms with E-state index in [1.54, 1.807) is 12.3 Å². The number of hydrogen-bond donors (Lipinski definition) is 3. The minimum absolute atomic E-state index is 0.230. The zero-order chi connectivity index (χ0) is 15.4. The van der Waals surface area contributed by atoms with Gasteiger partial charge in [-0.05, 0) is 19.1 Å². The van der Waals surface area contributed by atoms with E-state index in [0.29, 0.717) is 29.4 Å². The topological polar surface area (TPSA) is 112 Å². The molecule has 0 aliphatic heterocycles. The minimum Gasteiger partial charge on any atom is -0.460 e. The minimum atomic E-state index is -0.230. The van der Waals surface area contributed by atoms with Crippen molar-refractivity contribution in [1.82, 2.24) is 30.9 Å². The molecule has 0 aliphatic rings. The maximum atomic E-state index is 12.0. The summed E-state index contributed by atoms with van der Waals surface area (Å²) >= 11 is 1.51. The average molecular weight is 318 g/mol. The van der Waals surface area contributed by atoms with Crippen LogP contribution in [0.1, 0.15) is 16.2 Å². The molecule has 3 aromatic rings. The fraction of sp³-hybridized carbons (Fsp3) is 0.231. The monoisotopic (exact) mass is 318 g/mol. The quantitative estimate of drug-likeness (QED) is 0.470. The van der Waals surface area contributed by atoms with Crippen LogP contribution >= 0.6 is 11.8 Å². The molecule has 0 saturated carbocycles. The Labute approximate surface area is 130 Å². The number of aromatic nitrogens is 5. The summed E-state index contributed by atoms with van der Waals surface area (Å²) in [4.78, 5) is 12.0. The van der Waals surface area contributed by atoms with E-state index in [1.165, 1.54) is 11.8 Å². The van der Waals surface area contributed by atoms with Crippen LogP contribution in [0.25, 0.3) is 11.5 Å². The number of rotatable bonds is 6. The highest BCUT2D eigenvalue weighted by molar-refractivity contribution is 7.99. The molecule has 3 heterocycles. The molecule has 0 radical (unpaired) electrons. The molecule has 0 unspecified atom stereocenters. The first-order valence-corrected chi connectivity index (χ1v) is 7.60. The van der Waals surface area contributed by atoms with Crippen LogP contribution < -0.4 is 5.32 Å². The van der Waals surface area contributed by atoms with Crippen molar-refractivity contribution in [3.63, 3.8) is 0 Å². The predicted octanol–water partition coefficient (Wildman–Crippen LogP) is 1.62. The molecule has 3 N–H and O–H groups in total. The fourth-order valence-electron chi connectivity index (χ4n) is 1.81. The zero-order valence-electron chi connectivity index (χ0n) is 11.8. The lowest BCUT2D eigenvalue weighted by Gasteiger charge is -2.00. The molecular formula is C13H14N6O2S. The molecule has 0 atom stereocenters. The maximum Gasteiger partial charge on any atom is 0.271 e. The molecule has 9 heteroatoms. The van der Waals surface area contributed by atoms with Gasteiger partial charge in [0.25, 0.3) is 5.91 Å². The van der Waals surface area contributed by atoms with Gasteiger partial charge in [0.2, 0.25) is 0 Å². The van der Waals surface area contributed by atoms with Gasteiger partial charge in [-0.2, -0.15) is 15.4 Å². The van der Waals surface area contributed by atoms with Crippen LogP contribution in [0.3, 0.4) is 0 Å². The Morgan fingerprint density at radius 2 is 2.32 bits per heavy atom. The van der Waals surface area contributed by atoms with Crippen molar-refractivity contribution in [2.45, 2.75) is 11.9 Å². The van der Waals surface area contributed by atoms with Gasteiger partial charge in [0.1, 0.15) is 16.5 Å². The molecular weight excluding hydrogens is 304 g/mol. The molecule has 8 nitrogen and oxygen atoms in total. The lowest BCUT2D eigenvalue weighted by molar-refractivity contribution is 0.0951. The van der Waals surface area contributed by atoms with Crippen molar-refractivity contribution in [3.8, 4) is 11.5 Å². The number of thioether (sulfide) groups is 1. The summed E-state index contributed by atoms with van der Waals surface area (Å²) in [6.07, 6.45) is 1.64. The largest absolute Gasteiger partial charge is 0.460 e. The van der Waals surface area contributed by atoms with Crippen LogP contribution in [-0.4, -0.2) is 43.8 Å². The molecule has 114 valence electrons. The van der Waals surface area contributed by atoms with E-state index in [2.05, 4.69) is 30.9 Å². The second-order valence-electron chi connectivity index (χ2n) is 4.49. The number of aryl methyl sites for hydroxylation is 1. The third kappa shape index (κ3) is 3.37. The molecule has 0 aliphatic carbocycles. The van der Waals surface area contributed by atoms with Crippen LogP contribution in [0.5, 0.6) is 0 Å². The molecule has 3 aromatic heterocycles. The SMILES string of the molecule is Cc1ccc(-c2cc(C(=O)NCCSc3cn[nH]n3)n[nH]2)o1. The molecule has 22 heavy (non-hydrogen) atoms. The lowest BCUT2D eigenvalue weighted by Crippen LogP contribution is -2.26. The third-order valence-corrected chi connectivity index (χ3v) is 3.75. The van der Waals surface area contributed by atoms with Gasteiger partial charge < -0.3 is 9.73 Å². The molecule has 0 fully saturated rings. The first-order chi connectivity index (χ1) is 10.7. The molecule has 0 aromatic carbocycles. The highest BCUT2D eigenvalue weighted by atomic mass is 32.2. The lowest BCUT2D eigenvalue weighted by atomic mass is 10.3. The van der Waals surface area contributed by atoms with Gasteiger partial charge in [-0.1, -0.05) is 0 Å².